The lowest BCUT2D eigenvalue weighted by Crippen LogP contribution is -2.44. The van der Waals surface area contributed by atoms with Crippen molar-refractivity contribution in [2.24, 2.45) is 0 Å². The van der Waals surface area contributed by atoms with Crippen LogP contribution >= 0.6 is 0 Å². The van der Waals surface area contributed by atoms with Crippen molar-refractivity contribution in [3.05, 3.63) is 89.0 Å². The molecule has 150 valence electrons. The highest BCUT2D eigenvalue weighted by molar-refractivity contribution is 6.02. The minimum Gasteiger partial charge on any atom is -0.484 e. The minimum absolute atomic E-state index is 0.234. The first kappa shape index (κ1) is 20.6. The second-order valence-corrected chi connectivity index (χ2v) is 6.82. The molecule has 0 aliphatic rings. The van der Waals surface area contributed by atoms with Gasteiger partial charge in [0.25, 0.3) is 11.8 Å². The zero-order valence-corrected chi connectivity index (χ0v) is 16.7. The molecule has 3 rings (SSSR count). The van der Waals surface area contributed by atoms with Crippen molar-refractivity contribution in [1.29, 1.82) is 5.26 Å². The number of nitrogens with one attached hydrogen (secondary N) is 2. The van der Waals surface area contributed by atoms with Gasteiger partial charge in [-0.2, -0.15) is 5.26 Å². The summed E-state index contributed by atoms with van der Waals surface area (Å²) < 4.78 is 5.49. The van der Waals surface area contributed by atoms with Crippen molar-refractivity contribution in [2.45, 2.75) is 13.8 Å². The van der Waals surface area contributed by atoms with Gasteiger partial charge >= 0.3 is 0 Å². The molecule has 6 heteroatoms. The van der Waals surface area contributed by atoms with Crippen LogP contribution in [-0.4, -0.2) is 18.4 Å². The number of nitrogens with zero attached hydrogens (tertiary/aromatic N) is 1. The molecule has 0 spiro atoms. The molecule has 0 unspecified atom stereocenters. The Morgan fingerprint density at radius 1 is 0.900 bits per heavy atom. The Balaban J connectivity index is 1.65. The van der Waals surface area contributed by atoms with E-state index in [4.69, 9.17) is 4.74 Å². The summed E-state index contributed by atoms with van der Waals surface area (Å²) in [5, 5.41) is 9.35. The number of carbonyl (C=O) groups excluding carboxylic acids is 2. The van der Waals surface area contributed by atoms with E-state index in [-0.39, 0.29) is 6.61 Å². The first-order chi connectivity index (χ1) is 14.5. The Morgan fingerprint density at radius 2 is 1.53 bits per heavy atom. The van der Waals surface area contributed by atoms with Gasteiger partial charge in [0.05, 0.1) is 11.6 Å². The van der Waals surface area contributed by atoms with E-state index in [1.165, 1.54) is 0 Å². The standard InChI is InChI=1S/C24H21N3O3/c1-16-11-17(2)13-19(12-16)30-15-23(28)26-27-24(29)22-10-6-5-9-21(22)20-8-4-3-7-18(20)14-25/h3-13H,15H2,1-2H3,(H,26,28)(H,27,29). The number of hydrogen-bond acceptors (Lipinski definition) is 4. The molecule has 3 aromatic rings. The van der Waals surface area contributed by atoms with Gasteiger partial charge in [0.15, 0.2) is 6.61 Å². The number of aryl methyl sites for hydroxylation is 2. The van der Waals surface area contributed by atoms with E-state index in [2.05, 4.69) is 16.9 Å². The highest BCUT2D eigenvalue weighted by Crippen LogP contribution is 2.26. The molecule has 0 radical (unpaired) electrons. The van der Waals surface area contributed by atoms with Crippen molar-refractivity contribution in [3.63, 3.8) is 0 Å². The van der Waals surface area contributed by atoms with Gasteiger partial charge in [-0.25, -0.2) is 0 Å². The van der Waals surface area contributed by atoms with Gasteiger partial charge in [0.1, 0.15) is 5.75 Å². The van der Waals surface area contributed by atoms with Crippen LogP contribution in [0.5, 0.6) is 5.75 Å². The molecule has 0 aliphatic carbocycles. The van der Waals surface area contributed by atoms with Crippen molar-refractivity contribution in [2.75, 3.05) is 6.61 Å². The average molecular weight is 399 g/mol. The van der Waals surface area contributed by atoms with Gasteiger partial charge in [-0.05, 0) is 54.8 Å². The van der Waals surface area contributed by atoms with E-state index in [1.807, 2.05) is 32.0 Å². The maximum Gasteiger partial charge on any atom is 0.276 e. The van der Waals surface area contributed by atoms with E-state index in [0.717, 1.165) is 11.1 Å². The molecule has 0 bridgehead atoms. The second kappa shape index (κ2) is 9.39. The topological polar surface area (TPSA) is 91.2 Å². The largest absolute Gasteiger partial charge is 0.484 e. The second-order valence-electron chi connectivity index (χ2n) is 6.82. The smallest absolute Gasteiger partial charge is 0.276 e. The highest BCUT2D eigenvalue weighted by Gasteiger charge is 2.15. The molecule has 0 saturated heterocycles. The van der Waals surface area contributed by atoms with E-state index in [9.17, 15) is 14.9 Å². The summed E-state index contributed by atoms with van der Waals surface area (Å²) in [5.74, 6) is -0.386. The predicted octanol–water partition coefficient (Wildman–Crippen LogP) is 3.68. The van der Waals surface area contributed by atoms with Crippen LogP contribution in [0, 0.1) is 25.2 Å². The Bertz CT molecular complexity index is 1110. The third kappa shape index (κ3) is 5.03. The van der Waals surface area contributed by atoms with Crippen LogP contribution in [0.15, 0.2) is 66.7 Å². The van der Waals surface area contributed by atoms with Crippen LogP contribution in [0.25, 0.3) is 11.1 Å². The first-order valence-corrected chi connectivity index (χ1v) is 9.36. The molecule has 0 atom stereocenters. The number of hydrogen-bond donors (Lipinski definition) is 2. The Hall–Kier alpha value is -4.11. The molecular formula is C24H21N3O3. The highest BCUT2D eigenvalue weighted by atomic mass is 16.5. The maximum atomic E-state index is 12.7. The lowest BCUT2D eigenvalue weighted by atomic mass is 9.95. The Morgan fingerprint density at radius 3 is 2.23 bits per heavy atom. The Labute approximate surface area is 175 Å². The summed E-state index contributed by atoms with van der Waals surface area (Å²) in [6, 6.07) is 21.8. The quantitative estimate of drug-likeness (QED) is 0.640. The molecule has 0 heterocycles. The minimum atomic E-state index is -0.489. The van der Waals surface area contributed by atoms with E-state index < -0.39 is 11.8 Å². The van der Waals surface area contributed by atoms with Crippen LogP contribution < -0.4 is 15.6 Å². The number of rotatable bonds is 5. The molecule has 0 aromatic heterocycles. The fourth-order valence-electron chi connectivity index (χ4n) is 3.13. The van der Waals surface area contributed by atoms with Crippen molar-refractivity contribution >= 4 is 11.8 Å². The summed E-state index contributed by atoms with van der Waals surface area (Å²) >= 11 is 0. The third-order valence-corrected chi connectivity index (χ3v) is 4.39. The fraction of sp³-hybridized carbons (Fsp3) is 0.125. The first-order valence-electron chi connectivity index (χ1n) is 9.36. The summed E-state index contributed by atoms with van der Waals surface area (Å²) in [4.78, 5) is 24.7. The lowest BCUT2D eigenvalue weighted by Gasteiger charge is -2.13. The number of benzene rings is 3. The van der Waals surface area contributed by atoms with Crippen LogP contribution in [-0.2, 0) is 4.79 Å². The SMILES string of the molecule is Cc1cc(C)cc(OCC(=O)NNC(=O)c2ccccc2-c2ccccc2C#N)c1. The molecule has 0 saturated carbocycles. The van der Waals surface area contributed by atoms with E-state index >= 15 is 0 Å². The van der Waals surface area contributed by atoms with Crippen molar-refractivity contribution < 1.29 is 14.3 Å². The molecule has 2 amide bonds. The zero-order valence-electron chi connectivity index (χ0n) is 16.7. The van der Waals surface area contributed by atoms with Gasteiger partial charge in [0.2, 0.25) is 0 Å². The van der Waals surface area contributed by atoms with Crippen LogP contribution in [0.2, 0.25) is 0 Å². The molecule has 6 nitrogen and oxygen atoms in total. The molecule has 0 fully saturated rings. The maximum absolute atomic E-state index is 12.7. The molecule has 3 aromatic carbocycles. The summed E-state index contributed by atoms with van der Waals surface area (Å²) in [5.41, 5.74) is 8.89. The van der Waals surface area contributed by atoms with Gasteiger partial charge in [0, 0.05) is 11.1 Å². The van der Waals surface area contributed by atoms with Gasteiger partial charge in [-0.15, -0.1) is 0 Å². The fourth-order valence-corrected chi connectivity index (χ4v) is 3.13. The Kier molecular flexibility index (Phi) is 6.46. The van der Waals surface area contributed by atoms with Crippen LogP contribution in [0.4, 0.5) is 0 Å². The van der Waals surface area contributed by atoms with Gasteiger partial charge in [-0.1, -0.05) is 42.5 Å². The van der Waals surface area contributed by atoms with E-state index in [0.29, 0.717) is 28.0 Å². The predicted molar refractivity (Wildman–Crippen MR) is 114 cm³/mol. The number of hydrazine groups is 1. The number of amides is 2. The van der Waals surface area contributed by atoms with Crippen molar-refractivity contribution in [3.8, 4) is 22.9 Å². The van der Waals surface area contributed by atoms with Gasteiger partial charge in [-0.3, -0.25) is 20.4 Å². The summed E-state index contributed by atoms with van der Waals surface area (Å²) in [7, 11) is 0. The summed E-state index contributed by atoms with van der Waals surface area (Å²) in [6.07, 6.45) is 0. The van der Waals surface area contributed by atoms with Crippen molar-refractivity contribution in [1.82, 2.24) is 10.9 Å². The van der Waals surface area contributed by atoms with E-state index in [1.54, 1.807) is 48.5 Å². The third-order valence-electron chi connectivity index (χ3n) is 4.39. The molecule has 30 heavy (non-hydrogen) atoms. The average Bonchev–Trinajstić information content (AvgIpc) is 2.75. The lowest BCUT2D eigenvalue weighted by molar-refractivity contribution is -0.123. The molecule has 0 aliphatic heterocycles. The number of nitriles is 1. The van der Waals surface area contributed by atoms with Gasteiger partial charge < -0.3 is 4.74 Å². The molecule has 2 N–H and O–H groups in total. The zero-order chi connectivity index (χ0) is 21.5. The van der Waals surface area contributed by atoms with Crippen LogP contribution in [0.1, 0.15) is 27.0 Å². The monoisotopic (exact) mass is 399 g/mol. The van der Waals surface area contributed by atoms with Crippen LogP contribution in [0.3, 0.4) is 0 Å². The summed E-state index contributed by atoms with van der Waals surface area (Å²) in [6.45, 7) is 3.66. The molecular weight excluding hydrogens is 378 g/mol. The number of carbonyl (C=O) groups is 2. The number of ether oxygens (including phenoxy) is 1. The normalized spacial score (nSPS) is 10.0.